The lowest BCUT2D eigenvalue weighted by Crippen LogP contribution is -2.49. The van der Waals surface area contributed by atoms with Crippen molar-refractivity contribution in [1.82, 2.24) is 10.2 Å². The molecular weight excluding hydrogens is 328 g/mol. The van der Waals surface area contributed by atoms with Gasteiger partial charge in [-0.3, -0.25) is 14.5 Å². The summed E-state index contributed by atoms with van der Waals surface area (Å²) in [5.41, 5.74) is 0.940. The molecule has 1 aliphatic heterocycles. The maximum Gasteiger partial charge on any atom is 0.325 e. The number of carbonyl (C=O) groups excluding carboxylic acids is 3. The van der Waals surface area contributed by atoms with Crippen molar-refractivity contribution in [3.05, 3.63) is 35.4 Å². The maximum absolute atomic E-state index is 12.8. The molecule has 0 bridgehead atoms. The predicted octanol–water partition coefficient (Wildman–Crippen LogP) is 3.88. The third-order valence-electron chi connectivity index (χ3n) is 6.09. The minimum Gasteiger partial charge on any atom is -0.323 e. The minimum absolute atomic E-state index is 0.190. The van der Waals surface area contributed by atoms with Gasteiger partial charge in [0.05, 0.1) is 6.54 Å². The Bertz CT molecular complexity index is 702. The van der Waals surface area contributed by atoms with Gasteiger partial charge in [0.1, 0.15) is 5.54 Å². The average molecular weight is 356 g/mol. The van der Waals surface area contributed by atoms with Crippen LogP contribution in [0.5, 0.6) is 0 Å². The van der Waals surface area contributed by atoms with Crippen LogP contribution in [0.25, 0.3) is 0 Å². The number of carbonyl (C=O) groups is 3. The van der Waals surface area contributed by atoms with Crippen LogP contribution in [0.15, 0.2) is 24.3 Å². The Morgan fingerprint density at radius 2 is 1.85 bits per heavy atom. The molecule has 2 fully saturated rings. The molecule has 140 valence electrons. The highest BCUT2D eigenvalue weighted by Crippen LogP contribution is 2.36. The van der Waals surface area contributed by atoms with Crippen molar-refractivity contribution in [3.63, 3.8) is 0 Å². The van der Waals surface area contributed by atoms with Gasteiger partial charge in [-0.05, 0) is 49.5 Å². The Morgan fingerprint density at radius 1 is 1.23 bits per heavy atom. The molecular formula is C21H28N2O3. The second kappa shape index (κ2) is 7.22. The maximum atomic E-state index is 12.8. The van der Waals surface area contributed by atoms with Crippen LogP contribution >= 0.6 is 0 Å². The first kappa shape index (κ1) is 18.6. The van der Waals surface area contributed by atoms with Gasteiger partial charge in [0.15, 0.2) is 5.78 Å². The smallest absolute Gasteiger partial charge is 0.323 e. The van der Waals surface area contributed by atoms with E-state index >= 15 is 0 Å². The topological polar surface area (TPSA) is 66.5 Å². The second-order valence-corrected chi connectivity index (χ2v) is 7.94. The standard InChI is InChI=1S/C21H28N2O3/c1-4-15(3)16-5-7-17(8-6-16)18(24)13-23-19(25)21(22-20(23)26)11-9-14(2)10-12-21/h5-8,14-15H,4,9-13H2,1-3H3,(H,22,26)/t14?,15-,21?/m0/s1. The van der Waals surface area contributed by atoms with Crippen LogP contribution in [-0.4, -0.2) is 34.7 Å². The number of rotatable bonds is 5. The first-order chi connectivity index (χ1) is 12.4. The van der Waals surface area contributed by atoms with Crippen LogP contribution in [0.3, 0.4) is 0 Å². The number of benzene rings is 1. The van der Waals surface area contributed by atoms with Gasteiger partial charge in [-0.25, -0.2) is 4.79 Å². The van der Waals surface area contributed by atoms with Crippen LogP contribution in [0.4, 0.5) is 4.79 Å². The highest BCUT2D eigenvalue weighted by Gasteiger charge is 2.52. The van der Waals surface area contributed by atoms with Crippen molar-refractivity contribution < 1.29 is 14.4 Å². The summed E-state index contributed by atoms with van der Waals surface area (Å²) in [7, 11) is 0. The minimum atomic E-state index is -0.787. The second-order valence-electron chi connectivity index (χ2n) is 7.94. The Kier molecular flexibility index (Phi) is 5.17. The molecule has 0 radical (unpaired) electrons. The van der Waals surface area contributed by atoms with Crippen molar-refractivity contribution in [3.8, 4) is 0 Å². The Labute approximate surface area is 155 Å². The third-order valence-corrected chi connectivity index (χ3v) is 6.09. The van der Waals surface area contributed by atoms with Gasteiger partial charge in [-0.15, -0.1) is 0 Å². The summed E-state index contributed by atoms with van der Waals surface area (Å²) in [5.74, 6) is 0.577. The van der Waals surface area contributed by atoms with Crippen molar-refractivity contribution in [2.75, 3.05) is 6.54 Å². The van der Waals surface area contributed by atoms with Crippen molar-refractivity contribution >= 4 is 17.7 Å². The van der Waals surface area contributed by atoms with Gasteiger partial charge in [0, 0.05) is 5.56 Å². The summed E-state index contributed by atoms with van der Waals surface area (Å²) in [6.07, 6.45) is 4.20. The monoisotopic (exact) mass is 356 g/mol. The fraction of sp³-hybridized carbons (Fsp3) is 0.571. The zero-order chi connectivity index (χ0) is 18.9. The quantitative estimate of drug-likeness (QED) is 0.643. The van der Waals surface area contributed by atoms with Crippen molar-refractivity contribution in [2.45, 2.75) is 64.3 Å². The van der Waals surface area contributed by atoms with Gasteiger partial charge in [-0.1, -0.05) is 45.0 Å². The van der Waals surface area contributed by atoms with Crippen LogP contribution in [0.1, 0.15) is 74.7 Å². The van der Waals surface area contributed by atoms with Gasteiger partial charge in [0.2, 0.25) is 0 Å². The Morgan fingerprint density at radius 3 is 2.42 bits per heavy atom. The van der Waals surface area contributed by atoms with E-state index in [1.165, 1.54) is 5.56 Å². The van der Waals surface area contributed by atoms with Gasteiger partial charge in [0.25, 0.3) is 5.91 Å². The highest BCUT2D eigenvalue weighted by atomic mass is 16.2. The zero-order valence-corrected chi connectivity index (χ0v) is 15.9. The van der Waals surface area contributed by atoms with E-state index in [-0.39, 0.29) is 18.2 Å². The Hall–Kier alpha value is -2.17. The van der Waals surface area contributed by atoms with Crippen LogP contribution in [0, 0.1) is 5.92 Å². The molecule has 1 aromatic rings. The molecule has 5 heteroatoms. The van der Waals surface area contributed by atoms with E-state index in [9.17, 15) is 14.4 Å². The summed E-state index contributed by atoms with van der Waals surface area (Å²) in [4.78, 5) is 38.9. The van der Waals surface area contributed by atoms with Crippen molar-refractivity contribution in [2.24, 2.45) is 5.92 Å². The van der Waals surface area contributed by atoms with E-state index in [2.05, 4.69) is 26.1 Å². The predicted molar refractivity (Wildman–Crippen MR) is 100 cm³/mol. The molecule has 1 saturated heterocycles. The molecule has 2 aliphatic rings. The molecule has 1 saturated carbocycles. The number of urea groups is 1. The molecule has 1 atom stereocenters. The van der Waals surface area contributed by atoms with Crippen LogP contribution in [-0.2, 0) is 4.79 Å². The Balaban J connectivity index is 1.69. The van der Waals surface area contributed by atoms with Crippen LogP contribution < -0.4 is 5.32 Å². The fourth-order valence-electron chi connectivity index (χ4n) is 3.88. The molecule has 1 N–H and O–H groups in total. The molecule has 3 rings (SSSR count). The van der Waals surface area contributed by atoms with Gasteiger partial charge >= 0.3 is 6.03 Å². The molecule has 1 aliphatic carbocycles. The molecule has 1 heterocycles. The van der Waals surface area contributed by atoms with Gasteiger partial charge in [-0.2, -0.15) is 0 Å². The molecule has 0 aromatic heterocycles. The van der Waals surface area contributed by atoms with Gasteiger partial charge < -0.3 is 5.32 Å². The molecule has 0 unspecified atom stereocenters. The van der Waals surface area contributed by atoms with E-state index in [4.69, 9.17) is 0 Å². The molecule has 26 heavy (non-hydrogen) atoms. The number of amides is 3. The van der Waals surface area contributed by atoms with E-state index in [1.807, 2.05) is 12.1 Å². The fourth-order valence-corrected chi connectivity index (χ4v) is 3.88. The van der Waals surface area contributed by atoms with E-state index < -0.39 is 11.6 Å². The lowest BCUT2D eigenvalue weighted by atomic mass is 9.77. The van der Waals surface area contributed by atoms with E-state index in [0.29, 0.717) is 30.2 Å². The molecule has 5 nitrogen and oxygen atoms in total. The summed E-state index contributed by atoms with van der Waals surface area (Å²) in [5, 5.41) is 2.86. The number of imide groups is 1. The molecule has 1 aromatic carbocycles. The number of nitrogens with zero attached hydrogens (tertiary/aromatic N) is 1. The summed E-state index contributed by atoms with van der Waals surface area (Å²) in [6, 6.07) is 7.06. The summed E-state index contributed by atoms with van der Waals surface area (Å²) < 4.78 is 0. The van der Waals surface area contributed by atoms with Crippen LogP contribution in [0.2, 0.25) is 0 Å². The van der Waals surface area contributed by atoms with Crippen molar-refractivity contribution in [1.29, 1.82) is 0 Å². The lowest BCUT2D eigenvalue weighted by molar-refractivity contribution is -0.132. The molecule has 3 amide bonds. The number of hydrogen-bond donors (Lipinski definition) is 1. The number of Topliss-reactive ketones (excluding diaryl/α,β-unsaturated/α-hetero) is 1. The largest absolute Gasteiger partial charge is 0.325 e. The van der Waals surface area contributed by atoms with E-state index in [0.717, 1.165) is 24.2 Å². The number of nitrogens with one attached hydrogen (secondary N) is 1. The zero-order valence-electron chi connectivity index (χ0n) is 15.9. The average Bonchev–Trinajstić information content (AvgIpc) is 2.88. The number of hydrogen-bond acceptors (Lipinski definition) is 3. The van der Waals surface area contributed by atoms with E-state index in [1.54, 1.807) is 12.1 Å². The summed E-state index contributed by atoms with van der Waals surface area (Å²) >= 11 is 0. The SMILES string of the molecule is CC[C@H](C)c1ccc(C(=O)CN2C(=O)NC3(CCC(C)CC3)C2=O)cc1. The summed E-state index contributed by atoms with van der Waals surface area (Å²) in [6.45, 7) is 6.25. The highest BCUT2D eigenvalue weighted by molar-refractivity contribution is 6.11. The first-order valence-corrected chi connectivity index (χ1v) is 9.63. The molecule has 1 spiro atoms. The number of ketones is 1. The lowest BCUT2D eigenvalue weighted by Gasteiger charge is -2.33. The normalized spacial score (nSPS) is 26.9. The third kappa shape index (κ3) is 3.39. The first-order valence-electron chi connectivity index (χ1n) is 9.63.